The molecular weight excluding hydrogens is 246 g/mol. The van der Waals surface area contributed by atoms with Gasteiger partial charge in [-0.1, -0.05) is 66.7 Å². The van der Waals surface area contributed by atoms with Crippen molar-refractivity contribution in [2.75, 3.05) is 0 Å². The topological polar surface area (TPSA) is 29.1 Å². The highest BCUT2D eigenvalue weighted by atomic mass is 16.1. The number of hydrogen-bond donors (Lipinski definition) is 1. The predicted octanol–water partition coefficient (Wildman–Crippen LogP) is 3.78. The second kappa shape index (κ2) is 6.20. The molecule has 0 heterocycles. The Morgan fingerprint density at radius 2 is 1.55 bits per heavy atom. The van der Waals surface area contributed by atoms with E-state index in [9.17, 15) is 4.79 Å². The van der Waals surface area contributed by atoms with Gasteiger partial charge in [0.25, 0.3) is 0 Å². The molecule has 20 heavy (non-hydrogen) atoms. The van der Waals surface area contributed by atoms with Gasteiger partial charge in [-0.15, -0.1) is 0 Å². The van der Waals surface area contributed by atoms with Crippen molar-refractivity contribution < 1.29 is 4.79 Å². The van der Waals surface area contributed by atoms with Gasteiger partial charge >= 0.3 is 0 Å². The summed E-state index contributed by atoms with van der Waals surface area (Å²) in [6, 6.07) is 18.0. The molecule has 0 aliphatic carbocycles. The first-order valence-electron chi connectivity index (χ1n) is 6.66. The van der Waals surface area contributed by atoms with Crippen molar-refractivity contribution in [3.63, 3.8) is 0 Å². The zero-order valence-electron chi connectivity index (χ0n) is 11.9. The van der Waals surface area contributed by atoms with E-state index in [1.807, 2.05) is 49.4 Å². The Kier molecular flexibility index (Phi) is 4.36. The van der Waals surface area contributed by atoms with Gasteiger partial charge in [-0.25, -0.2) is 0 Å². The Bertz CT molecular complexity index is 599. The molecule has 0 saturated carbocycles. The third-order valence-corrected chi connectivity index (χ3v) is 3.21. The van der Waals surface area contributed by atoms with Gasteiger partial charge in [-0.3, -0.25) is 4.79 Å². The standard InChI is InChI=1S/C18H19NO/c1-13(2)18(20)19-17(15-7-5-4-6-8-15)16-11-9-14(3)10-12-16/h4-12,17H,1H2,2-3H3,(H,19,20). The molecule has 0 aromatic heterocycles. The first-order valence-corrected chi connectivity index (χ1v) is 6.66. The summed E-state index contributed by atoms with van der Waals surface area (Å²) >= 11 is 0. The fourth-order valence-corrected chi connectivity index (χ4v) is 2.02. The van der Waals surface area contributed by atoms with Crippen LogP contribution in [0.15, 0.2) is 66.7 Å². The molecule has 2 heteroatoms. The van der Waals surface area contributed by atoms with E-state index in [2.05, 4.69) is 24.0 Å². The molecule has 102 valence electrons. The number of nitrogens with one attached hydrogen (secondary N) is 1. The van der Waals surface area contributed by atoms with E-state index in [-0.39, 0.29) is 11.9 Å². The van der Waals surface area contributed by atoms with Crippen molar-refractivity contribution in [1.29, 1.82) is 0 Å². The third-order valence-electron chi connectivity index (χ3n) is 3.21. The number of carbonyl (C=O) groups is 1. The van der Waals surface area contributed by atoms with E-state index in [0.717, 1.165) is 11.1 Å². The van der Waals surface area contributed by atoms with E-state index in [1.165, 1.54) is 5.56 Å². The minimum Gasteiger partial charge on any atom is -0.341 e. The Balaban J connectivity index is 2.36. The van der Waals surface area contributed by atoms with Gasteiger partial charge in [0.05, 0.1) is 6.04 Å². The summed E-state index contributed by atoms with van der Waals surface area (Å²) in [5.74, 6) is -0.126. The molecule has 1 amide bonds. The van der Waals surface area contributed by atoms with Crippen molar-refractivity contribution in [2.45, 2.75) is 19.9 Å². The molecule has 1 N–H and O–H groups in total. The van der Waals surface area contributed by atoms with Crippen molar-refractivity contribution in [3.8, 4) is 0 Å². The van der Waals surface area contributed by atoms with Crippen LogP contribution in [-0.4, -0.2) is 5.91 Å². The number of carbonyl (C=O) groups excluding carboxylic acids is 1. The molecule has 1 unspecified atom stereocenters. The van der Waals surface area contributed by atoms with Crippen molar-refractivity contribution in [3.05, 3.63) is 83.4 Å². The summed E-state index contributed by atoms with van der Waals surface area (Å²) in [7, 11) is 0. The minimum atomic E-state index is -0.152. The van der Waals surface area contributed by atoms with Crippen molar-refractivity contribution in [2.24, 2.45) is 0 Å². The Hall–Kier alpha value is -2.35. The molecule has 0 fully saturated rings. The Morgan fingerprint density at radius 3 is 2.10 bits per heavy atom. The van der Waals surface area contributed by atoms with Gasteiger partial charge in [0.2, 0.25) is 5.91 Å². The normalized spacial score (nSPS) is 11.7. The highest BCUT2D eigenvalue weighted by Gasteiger charge is 2.16. The summed E-state index contributed by atoms with van der Waals surface area (Å²) in [4.78, 5) is 12.0. The van der Waals surface area contributed by atoms with Crippen molar-refractivity contribution >= 4 is 5.91 Å². The van der Waals surface area contributed by atoms with E-state index < -0.39 is 0 Å². The molecule has 0 saturated heterocycles. The fraction of sp³-hybridized carbons (Fsp3) is 0.167. The van der Waals surface area contributed by atoms with Crippen LogP contribution in [0, 0.1) is 6.92 Å². The second-order valence-corrected chi connectivity index (χ2v) is 5.01. The summed E-state index contributed by atoms with van der Waals surface area (Å²) in [6.07, 6.45) is 0. The summed E-state index contributed by atoms with van der Waals surface area (Å²) in [5.41, 5.74) is 3.84. The van der Waals surface area contributed by atoms with Crippen LogP contribution in [0.3, 0.4) is 0 Å². The van der Waals surface area contributed by atoms with Gasteiger partial charge in [-0.05, 0) is 25.0 Å². The number of rotatable bonds is 4. The molecule has 2 rings (SSSR count). The molecule has 0 aliphatic rings. The lowest BCUT2D eigenvalue weighted by atomic mass is 9.97. The fourth-order valence-electron chi connectivity index (χ4n) is 2.02. The highest BCUT2D eigenvalue weighted by Crippen LogP contribution is 2.22. The molecule has 0 bridgehead atoms. The lowest BCUT2D eigenvalue weighted by molar-refractivity contribution is -0.117. The van der Waals surface area contributed by atoms with Crippen LogP contribution in [0.2, 0.25) is 0 Å². The number of hydrogen-bond acceptors (Lipinski definition) is 1. The molecule has 0 aliphatic heterocycles. The van der Waals surface area contributed by atoms with Gasteiger partial charge in [0.15, 0.2) is 0 Å². The van der Waals surface area contributed by atoms with Crippen LogP contribution in [0.25, 0.3) is 0 Å². The monoisotopic (exact) mass is 265 g/mol. The van der Waals surface area contributed by atoms with Gasteiger partial charge in [0.1, 0.15) is 0 Å². The Morgan fingerprint density at radius 1 is 1.00 bits per heavy atom. The van der Waals surface area contributed by atoms with Crippen LogP contribution in [0.4, 0.5) is 0 Å². The smallest absolute Gasteiger partial charge is 0.247 e. The molecule has 2 aromatic carbocycles. The average Bonchev–Trinajstić information content (AvgIpc) is 2.46. The minimum absolute atomic E-state index is 0.126. The van der Waals surface area contributed by atoms with Crippen LogP contribution >= 0.6 is 0 Å². The maximum atomic E-state index is 12.0. The summed E-state index contributed by atoms with van der Waals surface area (Å²) < 4.78 is 0. The Labute approximate surface area is 120 Å². The maximum Gasteiger partial charge on any atom is 0.247 e. The van der Waals surface area contributed by atoms with E-state index in [4.69, 9.17) is 0 Å². The molecule has 0 radical (unpaired) electrons. The molecule has 2 aromatic rings. The zero-order valence-corrected chi connectivity index (χ0v) is 11.9. The van der Waals surface area contributed by atoms with Crippen LogP contribution in [0.5, 0.6) is 0 Å². The number of benzene rings is 2. The second-order valence-electron chi connectivity index (χ2n) is 5.01. The lowest BCUT2D eigenvalue weighted by Gasteiger charge is -2.20. The molecule has 0 spiro atoms. The third kappa shape index (κ3) is 3.35. The first kappa shape index (κ1) is 14.1. The number of amides is 1. The quantitative estimate of drug-likeness (QED) is 0.838. The number of aryl methyl sites for hydroxylation is 1. The molecule has 2 nitrogen and oxygen atoms in total. The zero-order chi connectivity index (χ0) is 14.5. The van der Waals surface area contributed by atoms with Gasteiger partial charge < -0.3 is 5.32 Å². The largest absolute Gasteiger partial charge is 0.341 e. The van der Waals surface area contributed by atoms with E-state index in [0.29, 0.717) is 5.57 Å². The van der Waals surface area contributed by atoms with E-state index >= 15 is 0 Å². The first-order chi connectivity index (χ1) is 9.58. The maximum absolute atomic E-state index is 12.0. The van der Waals surface area contributed by atoms with Crippen LogP contribution in [0.1, 0.15) is 29.7 Å². The van der Waals surface area contributed by atoms with Crippen LogP contribution < -0.4 is 5.32 Å². The summed E-state index contributed by atoms with van der Waals surface area (Å²) in [5, 5.41) is 3.03. The van der Waals surface area contributed by atoms with Gasteiger partial charge in [0, 0.05) is 5.57 Å². The average molecular weight is 265 g/mol. The molecular formula is C18H19NO. The van der Waals surface area contributed by atoms with Gasteiger partial charge in [-0.2, -0.15) is 0 Å². The lowest BCUT2D eigenvalue weighted by Crippen LogP contribution is -2.29. The van der Waals surface area contributed by atoms with Crippen molar-refractivity contribution in [1.82, 2.24) is 5.32 Å². The highest BCUT2D eigenvalue weighted by molar-refractivity contribution is 5.92. The predicted molar refractivity (Wildman–Crippen MR) is 82.4 cm³/mol. The molecule has 1 atom stereocenters. The van der Waals surface area contributed by atoms with Crippen LogP contribution in [-0.2, 0) is 4.79 Å². The summed E-state index contributed by atoms with van der Waals surface area (Å²) in [6.45, 7) is 7.46. The van der Waals surface area contributed by atoms with E-state index in [1.54, 1.807) is 6.92 Å². The SMILES string of the molecule is C=C(C)C(=O)NC(c1ccccc1)c1ccc(C)cc1.